The molecule has 0 aliphatic rings. The van der Waals surface area contributed by atoms with E-state index in [0.717, 1.165) is 8.95 Å². The number of Topliss-reactive ketones (excluding diaryl/α,β-unsaturated/α-hetero) is 2. The molecule has 0 atom stereocenters. The van der Waals surface area contributed by atoms with E-state index in [-0.39, 0.29) is 24.4 Å². The second-order valence-corrected chi connectivity index (χ2v) is 6.01. The van der Waals surface area contributed by atoms with Crippen molar-refractivity contribution in [2.45, 2.75) is 12.8 Å². The van der Waals surface area contributed by atoms with Crippen molar-refractivity contribution in [3.8, 4) is 0 Å². The summed E-state index contributed by atoms with van der Waals surface area (Å²) in [6.07, 6.45) is 0.422. The number of hydrogen-bond donors (Lipinski definition) is 0. The molecule has 0 N–H and O–H groups in total. The normalized spacial score (nSPS) is 10.3. The van der Waals surface area contributed by atoms with Gasteiger partial charge >= 0.3 is 0 Å². The Morgan fingerprint density at radius 2 is 1.05 bits per heavy atom. The third-order valence-electron chi connectivity index (χ3n) is 2.93. The van der Waals surface area contributed by atoms with Crippen molar-refractivity contribution in [2.75, 3.05) is 0 Å². The van der Waals surface area contributed by atoms with E-state index in [4.69, 9.17) is 0 Å². The largest absolute Gasteiger partial charge is 0.294 e. The summed E-state index contributed by atoms with van der Waals surface area (Å²) >= 11 is 6.69. The van der Waals surface area contributed by atoms with E-state index in [2.05, 4.69) is 31.9 Å². The number of ketones is 2. The molecular weight excluding hydrogens is 384 g/mol. The average molecular weight is 396 g/mol. The van der Waals surface area contributed by atoms with Gasteiger partial charge in [0.05, 0.1) is 0 Å². The molecule has 0 spiro atoms. The number of carbonyl (C=O) groups excluding carboxylic acids is 2. The molecule has 0 radical (unpaired) electrons. The van der Waals surface area contributed by atoms with Crippen LogP contribution < -0.4 is 0 Å². The van der Waals surface area contributed by atoms with Crippen molar-refractivity contribution < 1.29 is 9.59 Å². The summed E-state index contributed by atoms with van der Waals surface area (Å²) < 4.78 is 1.52. The molecule has 0 unspecified atom stereocenters. The molecule has 4 heteroatoms. The molecule has 20 heavy (non-hydrogen) atoms. The van der Waals surface area contributed by atoms with Gasteiger partial charge in [-0.15, -0.1) is 0 Å². The average Bonchev–Trinajstić information content (AvgIpc) is 2.45. The van der Waals surface area contributed by atoms with Crippen molar-refractivity contribution in [1.29, 1.82) is 0 Å². The van der Waals surface area contributed by atoms with Crippen molar-refractivity contribution >= 4 is 43.4 Å². The first-order valence-electron chi connectivity index (χ1n) is 6.15. The van der Waals surface area contributed by atoms with Gasteiger partial charge in [-0.05, 0) is 12.1 Å². The molecule has 0 amide bonds. The molecule has 2 aromatic rings. The molecule has 2 nitrogen and oxygen atoms in total. The standard InChI is InChI=1S/C16H12Br2O2/c17-13-7-3-1-5-11(13)15(19)9-10-16(20)12-6-2-4-8-14(12)18/h1-8H,9-10H2. The fourth-order valence-corrected chi connectivity index (χ4v) is 2.88. The van der Waals surface area contributed by atoms with Crippen LogP contribution in [-0.2, 0) is 0 Å². The zero-order valence-electron chi connectivity index (χ0n) is 10.6. The zero-order valence-corrected chi connectivity index (χ0v) is 13.8. The number of rotatable bonds is 5. The van der Waals surface area contributed by atoms with E-state index < -0.39 is 0 Å². The Labute approximate surface area is 134 Å². The molecule has 102 valence electrons. The minimum atomic E-state index is -0.0297. The van der Waals surface area contributed by atoms with Crippen molar-refractivity contribution in [3.63, 3.8) is 0 Å². The third kappa shape index (κ3) is 3.64. The van der Waals surface area contributed by atoms with E-state index in [0.29, 0.717) is 11.1 Å². The Morgan fingerprint density at radius 3 is 1.40 bits per heavy atom. The van der Waals surface area contributed by atoms with Crippen molar-refractivity contribution in [1.82, 2.24) is 0 Å². The number of halogens is 2. The lowest BCUT2D eigenvalue weighted by molar-refractivity contribution is 0.0916. The van der Waals surface area contributed by atoms with E-state index in [1.54, 1.807) is 12.1 Å². The van der Waals surface area contributed by atoms with E-state index >= 15 is 0 Å². The molecule has 0 fully saturated rings. The predicted octanol–water partition coefficient (Wildman–Crippen LogP) is 5.06. The van der Waals surface area contributed by atoms with E-state index in [9.17, 15) is 9.59 Å². The van der Waals surface area contributed by atoms with Crippen LogP contribution in [0.5, 0.6) is 0 Å². The van der Waals surface area contributed by atoms with Crippen LogP contribution in [0.4, 0.5) is 0 Å². The Kier molecular flexibility index (Phi) is 5.26. The highest BCUT2D eigenvalue weighted by atomic mass is 79.9. The number of carbonyl (C=O) groups is 2. The summed E-state index contributed by atoms with van der Waals surface area (Å²) in [5, 5.41) is 0. The van der Waals surface area contributed by atoms with Gasteiger partial charge in [-0.25, -0.2) is 0 Å². The highest BCUT2D eigenvalue weighted by molar-refractivity contribution is 9.10. The molecule has 0 aliphatic heterocycles. The van der Waals surface area contributed by atoms with Crippen LogP contribution in [0.25, 0.3) is 0 Å². The van der Waals surface area contributed by atoms with Gasteiger partial charge in [0.1, 0.15) is 0 Å². The Bertz CT molecular complexity index is 593. The molecule has 0 saturated carbocycles. The van der Waals surface area contributed by atoms with Gasteiger partial charge in [-0.1, -0.05) is 68.3 Å². The molecule has 0 aliphatic carbocycles. The maximum absolute atomic E-state index is 12.1. The Hall–Kier alpha value is -1.26. The van der Waals surface area contributed by atoms with Gasteiger partial charge in [0, 0.05) is 32.9 Å². The lowest BCUT2D eigenvalue weighted by Crippen LogP contribution is -2.06. The first-order valence-corrected chi connectivity index (χ1v) is 7.73. The van der Waals surface area contributed by atoms with Crippen LogP contribution in [0.1, 0.15) is 33.6 Å². The maximum Gasteiger partial charge on any atom is 0.164 e. The molecule has 2 aromatic carbocycles. The van der Waals surface area contributed by atoms with Crippen molar-refractivity contribution in [2.24, 2.45) is 0 Å². The summed E-state index contributed by atoms with van der Waals surface area (Å²) in [5.74, 6) is -0.0595. The SMILES string of the molecule is O=C(CCC(=O)c1ccccc1Br)c1ccccc1Br. The lowest BCUT2D eigenvalue weighted by atomic mass is 10.0. The molecule has 0 saturated heterocycles. The predicted molar refractivity (Wildman–Crippen MR) is 86.2 cm³/mol. The minimum absolute atomic E-state index is 0.0297. The summed E-state index contributed by atoms with van der Waals surface area (Å²) in [4.78, 5) is 24.2. The summed E-state index contributed by atoms with van der Waals surface area (Å²) in [5.41, 5.74) is 1.24. The molecule has 0 bridgehead atoms. The van der Waals surface area contributed by atoms with Gasteiger partial charge in [-0.3, -0.25) is 9.59 Å². The Morgan fingerprint density at radius 1 is 0.700 bits per heavy atom. The Balaban J connectivity index is 2.03. The second-order valence-electron chi connectivity index (χ2n) is 4.31. The van der Waals surface area contributed by atoms with Gasteiger partial charge in [0.15, 0.2) is 11.6 Å². The highest BCUT2D eigenvalue weighted by Crippen LogP contribution is 2.21. The fourth-order valence-electron chi connectivity index (χ4n) is 1.87. The first-order chi connectivity index (χ1) is 9.59. The van der Waals surface area contributed by atoms with Gasteiger partial charge in [-0.2, -0.15) is 0 Å². The lowest BCUT2D eigenvalue weighted by Gasteiger charge is -2.05. The second kappa shape index (κ2) is 6.95. The number of hydrogen-bond acceptors (Lipinski definition) is 2. The van der Waals surface area contributed by atoms with E-state index in [1.807, 2.05) is 36.4 Å². The minimum Gasteiger partial charge on any atom is -0.294 e. The van der Waals surface area contributed by atoms with Gasteiger partial charge < -0.3 is 0 Å². The fraction of sp³-hybridized carbons (Fsp3) is 0.125. The summed E-state index contributed by atoms with van der Waals surface area (Å²) in [6.45, 7) is 0. The van der Waals surface area contributed by atoms with Crippen LogP contribution in [-0.4, -0.2) is 11.6 Å². The van der Waals surface area contributed by atoms with Crippen LogP contribution in [0, 0.1) is 0 Å². The quantitative estimate of drug-likeness (QED) is 0.663. The van der Waals surface area contributed by atoms with Gasteiger partial charge in [0.25, 0.3) is 0 Å². The van der Waals surface area contributed by atoms with E-state index in [1.165, 1.54) is 0 Å². The molecular formula is C16H12Br2O2. The highest BCUT2D eigenvalue weighted by Gasteiger charge is 2.14. The monoisotopic (exact) mass is 394 g/mol. The van der Waals surface area contributed by atoms with Crippen LogP contribution in [0.2, 0.25) is 0 Å². The topological polar surface area (TPSA) is 34.1 Å². The maximum atomic E-state index is 12.1. The molecule has 0 heterocycles. The zero-order chi connectivity index (χ0) is 14.5. The third-order valence-corrected chi connectivity index (χ3v) is 4.31. The van der Waals surface area contributed by atoms with Crippen LogP contribution in [0.3, 0.4) is 0 Å². The summed E-state index contributed by atoms with van der Waals surface area (Å²) in [7, 11) is 0. The van der Waals surface area contributed by atoms with Crippen LogP contribution in [0.15, 0.2) is 57.5 Å². The first kappa shape index (κ1) is 15.1. The van der Waals surface area contributed by atoms with Crippen LogP contribution >= 0.6 is 31.9 Å². The number of benzene rings is 2. The smallest absolute Gasteiger partial charge is 0.164 e. The van der Waals surface area contributed by atoms with Gasteiger partial charge in [0.2, 0.25) is 0 Å². The molecule has 0 aromatic heterocycles. The summed E-state index contributed by atoms with van der Waals surface area (Å²) in [6, 6.07) is 14.5. The molecule has 2 rings (SSSR count). The van der Waals surface area contributed by atoms with Crippen molar-refractivity contribution in [3.05, 3.63) is 68.6 Å².